The Labute approximate surface area is 138 Å². The fourth-order valence-corrected chi connectivity index (χ4v) is 3.96. The highest BCUT2D eigenvalue weighted by molar-refractivity contribution is 7.89. The number of quaternary nitrogens is 1. The monoisotopic (exact) mass is 343 g/mol. The lowest BCUT2D eigenvalue weighted by molar-refractivity contribution is -0.865. The first-order valence-corrected chi connectivity index (χ1v) is 9.36. The van der Waals surface area contributed by atoms with E-state index in [4.69, 9.17) is 9.47 Å². The molecule has 0 amide bonds. The van der Waals surface area contributed by atoms with E-state index in [-0.39, 0.29) is 10.3 Å². The highest BCUT2D eigenvalue weighted by Gasteiger charge is 2.26. The molecule has 2 rings (SSSR count). The average molecular weight is 343 g/mol. The minimum atomic E-state index is -3.57. The summed E-state index contributed by atoms with van der Waals surface area (Å²) < 4.78 is 38.8. The first-order valence-electron chi connectivity index (χ1n) is 7.88. The van der Waals surface area contributed by atoms with Gasteiger partial charge in [0.05, 0.1) is 38.7 Å². The third-order valence-corrected chi connectivity index (χ3v) is 5.00. The van der Waals surface area contributed by atoms with E-state index in [1.165, 1.54) is 11.0 Å². The molecular formula is C16H27N2O4S+. The number of ether oxygens (including phenoxy) is 2. The molecule has 0 spiro atoms. The number of benzene rings is 1. The van der Waals surface area contributed by atoms with Gasteiger partial charge >= 0.3 is 0 Å². The van der Waals surface area contributed by atoms with Crippen LogP contribution in [0.3, 0.4) is 0 Å². The molecule has 1 aliphatic heterocycles. The van der Waals surface area contributed by atoms with Gasteiger partial charge in [-0.1, -0.05) is 13.8 Å². The molecule has 7 heteroatoms. The molecule has 0 unspecified atom stereocenters. The van der Waals surface area contributed by atoms with Crippen LogP contribution in [0.5, 0.6) is 11.5 Å². The molecule has 1 aliphatic rings. The van der Waals surface area contributed by atoms with E-state index in [1.54, 1.807) is 12.1 Å². The molecule has 0 fully saturated rings. The average Bonchev–Trinajstić information content (AvgIpc) is 2.68. The Balaban J connectivity index is 2.12. The summed E-state index contributed by atoms with van der Waals surface area (Å²) in [5.41, 5.74) is -0.128. The van der Waals surface area contributed by atoms with E-state index in [2.05, 4.69) is 32.7 Å². The molecule has 23 heavy (non-hydrogen) atoms. The Hall–Kier alpha value is -1.31. The third kappa shape index (κ3) is 5.09. The number of hydrogen-bond acceptors (Lipinski definition) is 4. The lowest BCUT2D eigenvalue weighted by Gasteiger charge is -2.26. The SMILES string of the molecule is C[NH+](C)CC(C)(C)CNS(=O)(=O)c1ccc2c(c1)OCCCO2. The van der Waals surface area contributed by atoms with E-state index in [0.29, 0.717) is 31.3 Å². The normalized spacial score (nSPS) is 15.5. The summed E-state index contributed by atoms with van der Waals surface area (Å²) in [6.45, 7) is 6.47. The maximum atomic E-state index is 12.5. The Morgan fingerprint density at radius 1 is 1.17 bits per heavy atom. The largest absolute Gasteiger partial charge is 0.490 e. The van der Waals surface area contributed by atoms with Gasteiger partial charge in [-0.05, 0) is 12.1 Å². The van der Waals surface area contributed by atoms with Crippen molar-refractivity contribution in [3.8, 4) is 11.5 Å². The summed E-state index contributed by atoms with van der Waals surface area (Å²) in [5, 5.41) is 0. The molecule has 0 atom stereocenters. The first-order chi connectivity index (χ1) is 10.7. The maximum Gasteiger partial charge on any atom is 0.240 e. The van der Waals surface area contributed by atoms with Crippen molar-refractivity contribution in [1.82, 2.24) is 4.72 Å². The van der Waals surface area contributed by atoms with Crippen molar-refractivity contribution >= 4 is 10.0 Å². The second-order valence-electron chi connectivity index (χ2n) is 7.03. The Morgan fingerprint density at radius 3 is 2.48 bits per heavy atom. The Kier molecular flexibility index (Phi) is 5.54. The van der Waals surface area contributed by atoms with Gasteiger partial charge in [0.2, 0.25) is 10.0 Å². The Bertz CT molecular complexity index is 641. The van der Waals surface area contributed by atoms with Crippen LogP contribution in [0, 0.1) is 5.41 Å². The lowest BCUT2D eigenvalue weighted by Crippen LogP contribution is -3.07. The molecule has 0 radical (unpaired) electrons. The second-order valence-corrected chi connectivity index (χ2v) is 8.80. The van der Waals surface area contributed by atoms with Gasteiger partial charge in [0.1, 0.15) is 0 Å². The molecule has 6 nitrogen and oxygen atoms in total. The second kappa shape index (κ2) is 7.07. The number of nitrogens with one attached hydrogen (secondary N) is 2. The van der Waals surface area contributed by atoms with Gasteiger partial charge in [0.25, 0.3) is 0 Å². The molecule has 2 N–H and O–H groups in total. The van der Waals surface area contributed by atoms with Crippen LogP contribution in [0.4, 0.5) is 0 Å². The molecule has 1 aromatic rings. The smallest absolute Gasteiger partial charge is 0.240 e. The summed E-state index contributed by atoms with van der Waals surface area (Å²) in [6, 6.07) is 4.75. The zero-order valence-corrected chi connectivity index (χ0v) is 15.1. The van der Waals surface area contributed by atoms with Crippen LogP contribution in [0.1, 0.15) is 20.3 Å². The minimum Gasteiger partial charge on any atom is -0.490 e. The molecule has 0 saturated heterocycles. The van der Waals surface area contributed by atoms with Gasteiger partial charge in [0, 0.05) is 24.4 Å². The van der Waals surface area contributed by atoms with E-state index in [0.717, 1.165) is 13.0 Å². The van der Waals surface area contributed by atoms with Crippen molar-refractivity contribution in [1.29, 1.82) is 0 Å². The summed E-state index contributed by atoms with van der Waals surface area (Å²) >= 11 is 0. The van der Waals surface area contributed by atoms with Crippen molar-refractivity contribution in [3.63, 3.8) is 0 Å². The summed E-state index contributed by atoms with van der Waals surface area (Å²) in [6.07, 6.45) is 0.788. The van der Waals surface area contributed by atoms with Crippen LogP contribution in [0.25, 0.3) is 0 Å². The van der Waals surface area contributed by atoms with Gasteiger partial charge in [-0.3, -0.25) is 0 Å². The van der Waals surface area contributed by atoms with E-state index >= 15 is 0 Å². The molecular weight excluding hydrogens is 316 g/mol. The zero-order chi connectivity index (χ0) is 17.1. The fourth-order valence-electron chi connectivity index (χ4n) is 2.70. The minimum absolute atomic E-state index is 0.128. The predicted molar refractivity (Wildman–Crippen MR) is 88.7 cm³/mol. The molecule has 0 aromatic heterocycles. The van der Waals surface area contributed by atoms with Gasteiger partial charge in [-0.25, -0.2) is 13.1 Å². The van der Waals surface area contributed by atoms with Gasteiger partial charge in [-0.15, -0.1) is 0 Å². The lowest BCUT2D eigenvalue weighted by atomic mass is 9.93. The number of fused-ring (bicyclic) bond motifs is 1. The topological polar surface area (TPSA) is 69.1 Å². The van der Waals surface area contributed by atoms with E-state index in [1.807, 2.05) is 0 Å². The standard InChI is InChI=1S/C16H26N2O4S/c1-16(2,12-18(3)4)11-17-23(19,20)13-6-7-14-15(10-13)22-9-5-8-21-14/h6-7,10,17H,5,8-9,11-12H2,1-4H3/p+1. The molecule has 0 aliphatic carbocycles. The van der Waals surface area contributed by atoms with Gasteiger partial charge in [0.15, 0.2) is 11.5 Å². The molecule has 0 saturated carbocycles. The maximum absolute atomic E-state index is 12.5. The summed E-state index contributed by atoms with van der Waals surface area (Å²) in [7, 11) is 0.542. The number of hydrogen-bond donors (Lipinski definition) is 2. The highest BCUT2D eigenvalue weighted by atomic mass is 32.2. The van der Waals surface area contributed by atoms with Crippen LogP contribution < -0.4 is 19.1 Å². The first kappa shape index (κ1) is 18.0. The molecule has 1 aromatic carbocycles. The van der Waals surface area contributed by atoms with Gasteiger partial charge < -0.3 is 14.4 Å². The Morgan fingerprint density at radius 2 is 1.83 bits per heavy atom. The summed E-state index contributed by atoms with van der Waals surface area (Å²) in [5.74, 6) is 1.08. The predicted octanol–water partition coefficient (Wildman–Crippen LogP) is 0.297. The van der Waals surface area contributed by atoms with E-state index in [9.17, 15) is 8.42 Å². The van der Waals surface area contributed by atoms with Crippen LogP contribution in [-0.4, -0.2) is 48.8 Å². The van der Waals surface area contributed by atoms with Crippen LogP contribution in [-0.2, 0) is 10.0 Å². The molecule has 130 valence electrons. The molecule has 1 heterocycles. The summed E-state index contributed by atoms with van der Waals surface area (Å²) in [4.78, 5) is 1.49. The van der Waals surface area contributed by atoms with Crippen molar-refractivity contribution in [2.75, 3.05) is 40.4 Å². The fraction of sp³-hybridized carbons (Fsp3) is 0.625. The number of sulfonamides is 1. The molecule has 0 bridgehead atoms. The quantitative estimate of drug-likeness (QED) is 0.779. The van der Waals surface area contributed by atoms with Crippen molar-refractivity contribution in [2.24, 2.45) is 5.41 Å². The van der Waals surface area contributed by atoms with Crippen molar-refractivity contribution < 1.29 is 22.8 Å². The number of rotatable bonds is 6. The van der Waals surface area contributed by atoms with Crippen molar-refractivity contribution in [3.05, 3.63) is 18.2 Å². The van der Waals surface area contributed by atoms with Crippen LogP contribution >= 0.6 is 0 Å². The highest BCUT2D eigenvalue weighted by Crippen LogP contribution is 2.31. The van der Waals surface area contributed by atoms with Crippen LogP contribution in [0.15, 0.2) is 23.1 Å². The van der Waals surface area contributed by atoms with E-state index < -0.39 is 10.0 Å². The third-order valence-electron chi connectivity index (χ3n) is 3.60. The van der Waals surface area contributed by atoms with Crippen LogP contribution in [0.2, 0.25) is 0 Å². The van der Waals surface area contributed by atoms with Crippen molar-refractivity contribution in [2.45, 2.75) is 25.2 Å². The van der Waals surface area contributed by atoms with Gasteiger partial charge in [-0.2, -0.15) is 0 Å². The zero-order valence-electron chi connectivity index (χ0n) is 14.3.